The third-order valence-corrected chi connectivity index (χ3v) is 4.85. The molecule has 18 heavy (non-hydrogen) atoms. The molecule has 1 aliphatic rings. The summed E-state index contributed by atoms with van der Waals surface area (Å²) in [4.78, 5) is 15.3. The fourth-order valence-corrected chi connectivity index (χ4v) is 2.44. The predicted molar refractivity (Wildman–Crippen MR) is 63.8 cm³/mol. The maximum atomic E-state index is 11.4. The summed E-state index contributed by atoms with van der Waals surface area (Å²) in [7, 11) is -3.22. The van der Waals surface area contributed by atoms with Crippen molar-refractivity contribution in [3.05, 3.63) is 11.7 Å². The minimum atomic E-state index is -3.22. The van der Waals surface area contributed by atoms with E-state index in [9.17, 15) is 13.2 Å². The monoisotopic (exact) mass is 272 g/mol. The molecule has 1 unspecified atom stereocenters. The van der Waals surface area contributed by atoms with Gasteiger partial charge in [-0.15, -0.1) is 0 Å². The first kappa shape index (κ1) is 13.2. The number of aromatic nitrogens is 2. The summed E-state index contributed by atoms with van der Waals surface area (Å²) in [6.45, 7) is 1.54. The molecule has 0 aromatic carbocycles. The Kier molecular flexibility index (Phi) is 3.52. The minimum absolute atomic E-state index is 0.0794. The molecule has 0 radical (unpaired) electrons. The molecule has 0 saturated heterocycles. The van der Waals surface area contributed by atoms with Crippen molar-refractivity contribution in [1.82, 2.24) is 10.1 Å². The van der Waals surface area contributed by atoms with Gasteiger partial charge in [-0.25, -0.2) is 8.42 Å². The quantitative estimate of drug-likeness (QED) is 0.826. The molecule has 1 aromatic rings. The summed E-state index contributed by atoms with van der Waals surface area (Å²) in [5.41, 5.74) is 0. The van der Waals surface area contributed by atoms with Gasteiger partial charge in [0.25, 0.3) is 0 Å². The Hall–Kier alpha value is -1.24. The van der Waals surface area contributed by atoms with Crippen molar-refractivity contribution in [3.8, 4) is 0 Å². The molecule has 2 rings (SSSR count). The van der Waals surface area contributed by atoms with Crippen molar-refractivity contribution in [3.63, 3.8) is 0 Å². The van der Waals surface area contributed by atoms with Crippen molar-refractivity contribution in [2.24, 2.45) is 0 Å². The first-order chi connectivity index (χ1) is 8.38. The fourth-order valence-electron chi connectivity index (χ4n) is 1.96. The highest BCUT2D eigenvalue weighted by atomic mass is 32.2. The number of nitrogens with zero attached hydrogens (tertiary/aromatic N) is 2. The molecule has 0 N–H and O–H groups in total. The highest BCUT2D eigenvalue weighted by Crippen LogP contribution is 2.31. The van der Waals surface area contributed by atoms with Gasteiger partial charge in [-0.1, -0.05) is 5.16 Å². The second kappa shape index (κ2) is 4.79. The average Bonchev–Trinajstić information content (AvgIpc) is 2.77. The van der Waals surface area contributed by atoms with E-state index in [0.717, 1.165) is 6.26 Å². The van der Waals surface area contributed by atoms with E-state index >= 15 is 0 Å². The molecule has 1 heterocycles. The number of carbonyl (C=O) groups excluding carboxylic acids is 1. The Morgan fingerprint density at radius 3 is 2.50 bits per heavy atom. The average molecular weight is 272 g/mol. The van der Waals surface area contributed by atoms with Crippen LogP contribution in [0.25, 0.3) is 0 Å². The molecule has 1 saturated carbocycles. The maximum Gasteiger partial charge on any atom is 0.229 e. The molecule has 1 fully saturated rings. The normalized spacial score (nSPS) is 20.0. The molecular weight excluding hydrogens is 256 g/mol. The van der Waals surface area contributed by atoms with Crippen molar-refractivity contribution in [1.29, 1.82) is 0 Å². The molecule has 1 aliphatic carbocycles. The number of Topliss-reactive ketones (excluding diaryl/α,β-unsaturated/α-hetero) is 1. The van der Waals surface area contributed by atoms with Gasteiger partial charge in [0.2, 0.25) is 5.89 Å². The largest absolute Gasteiger partial charge is 0.339 e. The van der Waals surface area contributed by atoms with Crippen LogP contribution >= 0.6 is 0 Å². The highest BCUT2D eigenvalue weighted by molar-refractivity contribution is 7.90. The predicted octanol–water partition coefficient (Wildman–Crippen LogP) is 1.40. The zero-order valence-corrected chi connectivity index (χ0v) is 11.2. The molecule has 7 heteroatoms. The second-order valence-electron chi connectivity index (χ2n) is 4.78. The van der Waals surface area contributed by atoms with Gasteiger partial charge < -0.3 is 4.52 Å². The van der Waals surface area contributed by atoms with Crippen molar-refractivity contribution in [2.45, 2.75) is 43.8 Å². The van der Waals surface area contributed by atoms with E-state index in [2.05, 4.69) is 10.1 Å². The van der Waals surface area contributed by atoms with Gasteiger partial charge in [-0.3, -0.25) is 4.79 Å². The van der Waals surface area contributed by atoms with Gasteiger partial charge in [-0.05, 0) is 19.8 Å². The van der Waals surface area contributed by atoms with Crippen LogP contribution in [-0.2, 0) is 14.6 Å². The van der Waals surface area contributed by atoms with Crippen molar-refractivity contribution >= 4 is 15.6 Å². The molecule has 100 valence electrons. The van der Waals surface area contributed by atoms with Crippen molar-refractivity contribution in [2.75, 3.05) is 6.26 Å². The van der Waals surface area contributed by atoms with Gasteiger partial charge in [-0.2, -0.15) is 4.98 Å². The summed E-state index contributed by atoms with van der Waals surface area (Å²) >= 11 is 0. The molecule has 0 amide bonds. The van der Waals surface area contributed by atoms with Gasteiger partial charge >= 0.3 is 0 Å². The molecule has 0 spiro atoms. The Morgan fingerprint density at radius 1 is 1.33 bits per heavy atom. The number of carbonyl (C=O) groups is 1. The lowest BCUT2D eigenvalue weighted by molar-refractivity contribution is -0.120. The Bertz CT molecular complexity index is 539. The zero-order chi connectivity index (χ0) is 13.3. The lowest BCUT2D eigenvalue weighted by Gasteiger charge is -2.16. The van der Waals surface area contributed by atoms with E-state index < -0.39 is 15.1 Å². The van der Waals surface area contributed by atoms with Crippen LogP contribution in [0.15, 0.2) is 4.52 Å². The summed E-state index contributed by atoms with van der Waals surface area (Å²) < 4.78 is 27.9. The van der Waals surface area contributed by atoms with Crippen LogP contribution in [0.5, 0.6) is 0 Å². The number of sulfone groups is 1. The van der Waals surface area contributed by atoms with Crippen LogP contribution in [0.4, 0.5) is 0 Å². The Labute approximate surface area is 106 Å². The van der Waals surface area contributed by atoms with Crippen LogP contribution in [0, 0.1) is 0 Å². The number of hydrogen-bond acceptors (Lipinski definition) is 6. The van der Waals surface area contributed by atoms with E-state index in [4.69, 9.17) is 4.52 Å². The lowest BCUT2D eigenvalue weighted by atomic mass is 9.88. The zero-order valence-electron chi connectivity index (χ0n) is 10.4. The smallest absolute Gasteiger partial charge is 0.229 e. The van der Waals surface area contributed by atoms with Crippen LogP contribution in [0.2, 0.25) is 0 Å². The van der Waals surface area contributed by atoms with Crippen molar-refractivity contribution < 1.29 is 17.7 Å². The summed E-state index contributed by atoms with van der Waals surface area (Å²) in [6.07, 6.45) is 3.61. The van der Waals surface area contributed by atoms with Gasteiger partial charge in [0.1, 0.15) is 11.0 Å². The second-order valence-corrected chi connectivity index (χ2v) is 7.14. The number of hydrogen-bond donors (Lipinski definition) is 0. The van der Waals surface area contributed by atoms with Gasteiger partial charge in [0.15, 0.2) is 15.7 Å². The van der Waals surface area contributed by atoms with Gasteiger partial charge in [0, 0.05) is 25.0 Å². The SMILES string of the molecule is CC(c1noc(C2CCC(=O)CC2)n1)S(C)(=O)=O. The van der Waals surface area contributed by atoms with E-state index in [-0.39, 0.29) is 17.5 Å². The molecule has 1 atom stereocenters. The van der Waals surface area contributed by atoms with E-state index in [1.165, 1.54) is 6.92 Å². The molecule has 1 aromatic heterocycles. The summed E-state index contributed by atoms with van der Waals surface area (Å²) in [5, 5.41) is 2.96. The third kappa shape index (κ3) is 2.77. The Morgan fingerprint density at radius 2 is 1.94 bits per heavy atom. The van der Waals surface area contributed by atoms with E-state index in [1.807, 2.05) is 0 Å². The third-order valence-electron chi connectivity index (χ3n) is 3.36. The van der Waals surface area contributed by atoms with Crippen LogP contribution in [0.3, 0.4) is 0 Å². The van der Waals surface area contributed by atoms with E-state index in [0.29, 0.717) is 31.6 Å². The summed E-state index contributed by atoms with van der Waals surface area (Å²) in [5.74, 6) is 0.989. The molecular formula is C11H16N2O4S. The molecule has 0 bridgehead atoms. The molecule has 0 aliphatic heterocycles. The van der Waals surface area contributed by atoms with Gasteiger partial charge in [0.05, 0.1) is 0 Å². The molecule has 6 nitrogen and oxygen atoms in total. The number of ketones is 1. The summed E-state index contributed by atoms with van der Waals surface area (Å²) in [6, 6.07) is 0. The lowest BCUT2D eigenvalue weighted by Crippen LogP contribution is -2.13. The fraction of sp³-hybridized carbons (Fsp3) is 0.727. The standard InChI is InChI=1S/C11H16N2O4S/c1-7(18(2,15)16)10-12-11(17-13-10)8-3-5-9(14)6-4-8/h7-8H,3-6H2,1-2H3. The first-order valence-electron chi connectivity index (χ1n) is 5.92. The van der Waals surface area contributed by atoms with Crippen LogP contribution in [-0.4, -0.2) is 30.6 Å². The Balaban J connectivity index is 2.13. The van der Waals surface area contributed by atoms with Crippen LogP contribution < -0.4 is 0 Å². The minimum Gasteiger partial charge on any atom is -0.339 e. The number of rotatable bonds is 3. The first-order valence-corrected chi connectivity index (χ1v) is 7.87. The van der Waals surface area contributed by atoms with Crippen LogP contribution in [0.1, 0.15) is 55.5 Å². The highest BCUT2D eigenvalue weighted by Gasteiger charge is 2.28. The topological polar surface area (TPSA) is 90.1 Å². The van der Waals surface area contributed by atoms with E-state index in [1.54, 1.807) is 0 Å². The maximum absolute atomic E-state index is 11.4.